The van der Waals surface area contributed by atoms with Gasteiger partial charge in [-0.2, -0.15) is 0 Å². The summed E-state index contributed by atoms with van der Waals surface area (Å²) in [6, 6.07) is 5.30. The van der Waals surface area contributed by atoms with Crippen LogP contribution in [0.3, 0.4) is 0 Å². The van der Waals surface area contributed by atoms with E-state index in [2.05, 4.69) is 0 Å². The van der Waals surface area contributed by atoms with Crippen LogP contribution in [0.5, 0.6) is 11.5 Å². The van der Waals surface area contributed by atoms with Crippen molar-refractivity contribution < 1.29 is 14.6 Å². The quantitative estimate of drug-likeness (QED) is 0.741. The molecule has 0 amide bonds. The van der Waals surface area contributed by atoms with Gasteiger partial charge in [-0.1, -0.05) is 0 Å². The van der Waals surface area contributed by atoms with Gasteiger partial charge in [0.25, 0.3) is 0 Å². The number of nitrogens with two attached hydrogens (primary N) is 1. The zero-order valence-electron chi connectivity index (χ0n) is 9.40. The van der Waals surface area contributed by atoms with E-state index in [0.29, 0.717) is 23.8 Å². The molecule has 0 heterocycles. The number of benzene rings is 1. The maximum absolute atomic E-state index is 9.16. The number of aliphatic hydroxyl groups excluding tert-OH is 1. The monoisotopic (exact) mass is 223 g/mol. The van der Waals surface area contributed by atoms with E-state index in [1.54, 1.807) is 25.3 Å². The van der Waals surface area contributed by atoms with E-state index >= 15 is 0 Å². The topological polar surface area (TPSA) is 64.7 Å². The van der Waals surface area contributed by atoms with Crippen LogP contribution < -0.4 is 15.2 Å². The smallest absolute Gasteiger partial charge is 0.125 e. The second-order valence-corrected chi connectivity index (χ2v) is 4.39. The minimum absolute atomic E-state index is 0.0160. The third-order valence-corrected chi connectivity index (χ3v) is 2.98. The molecule has 1 aromatic carbocycles. The Kier molecular flexibility index (Phi) is 2.92. The van der Waals surface area contributed by atoms with Crippen LogP contribution in [-0.4, -0.2) is 25.4 Å². The Bertz CT molecular complexity index is 375. The maximum Gasteiger partial charge on any atom is 0.125 e. The largest absolute Gasteiger partial charge is 0.497 e. The highest BCUT2D eigenvalue weighted by Crippen LogP contribution is 2.45. The zero-order valence-corrected chi connectivity index (χ0v) is 9.40. The number of methoxy groups -OCH3 is 1. The molecule has 3 N–H and O–H groups in total. The minimum Gasteiger partial charge on any atom is -0.497 e. The standard InChI is InChI=1S/C12H17NO3/c1-15-10-4-9(13)5-11(6-10)16-8-12(7-14)2-3-12/h4-6,14H,2-3,7-8,13H2,1H3. The van der Waals surface area contributed by atoms with Gasteiger partial charge in [-0.3, -0.25) is 0 Å². The highest BCUT2D eigenvalue weighted by Gasteiger charge is 2.42. The van der Waals surface area contributed by atoms with E-state index in [9.17, 15) is 0 Å². The Morgan fingerprint density at radius 2 is 2.00 bits per heavy atom. The van der Waals surface area contributed by atoms with Gasteiger partial charge in [0.05, 0.1) is 20.3 Å². The van der Waals surface area contributed by atoms with Gasteiger partial charge in [0.1, 0.15) is 11.5 Å². The fourth-order valence-corrected chi connectivity index (χ4v) is 1.56. The Hall–Kier alpha value is -1.42. The summed E-state index contributed by atoms with van der Waals surface area (Å²) in [7, 11) is 1.59. The number of rotatable bonds is 5. The molecular weight excluding hydrogens is 206 g/mol. The lowest BCUT2D eigenvalue weighted by Crippen LogP contribution is -2.17. The van der Waals surface area contributed by atoms with Gasteiger partial charge in [-0.05, 0) is 12.8 Å². The van der Waals surface area contributed by atoms with Crippen molar-refractivity contribution in [3.63, 3.8) is 0 Å². The van der Waals surface area contributed by atoms with E-state index in [0.717, 1.165) is 12.8 Å². The molecule has 88 valence electrons. The summed E-state index contributed by atoms with van der Waals surface area (Å²) < 4.78 is 10.7. The first-order chi connectivity index (χ1) is 7.67. The molecule has 0 radical (unpaired) electrons. The highest BCUT2D eigenvalue weighted by atomic mass is 16.5. The molecule has 1 fully saturated rings. The highest BCUT2D eigenvalue weighted by molar-refractivity contribution is 5.50. The summed E-state index contributed by atoms with van der Waals surface area (Å²) in [6.07, 6.45) is 2.06. The molecule has 0 spiro atoms. The number of hydrogen-bond donors (Lipinski definition) is 2. The Labute approximate surface area is 95.0 Å². The number of ether oxygens (including phenoxy) is 2. The second kappa shape index (κ2) is 4.22. The van der Waals surface area contributed by atoms with Crippen molar-refractivity contribution >= 4 is 5.69 Å². The summed E-state index contributed by atoms with van der Waals surface area (Å²) in [5.74, 6) is 1.38. The lowest BCUT2D eigenvalue weighted by molar-refractivity contribution is 0.146. The van der Waals surface area contributed by atoms with E-state index in [-0.39, 0.29) is 12.0 Å². The average molecular weight is 223 g/mol. The molecule has 1 saturated carbocycles. The molecule has 0 bridgehead atoms. The van der Waals surface area contributed by atoms with Crippen molar-refractivity contribution in [2.24, 2.45) is 5.41 Å². The van der Waals surface area contributed by atoms with Gasteiger partial charge in [-0.25, -0.2) is 0 Å². The van der Waals surface area contributed by atoms with E-state index in [1.807, 2.05) is 0 Å². The Morgan fingerprint density at radius 1 is 1.31 bits per heavy atom. The van der Waals surface area contributed by atoms with Gasteiger partial charge < -0.3 is 20.3 Å². The van der Waals surface area contributed by atoms with Gasteiger partial charge >= 0.3 is 0 Å². The molecule has 0 saturated heterocycles. The van der Waals surface area contributed by atoms with Gasteiger partial charge in [0, 0.05) is 29.3 Å². The van der Waals surface area contributed by atoms with Crippen molar-refractivity contribution in [1.29, 1.82) is 0 Å². The number of hydrogen-bond acceptors (Lipinski definition) is 4. The molecule has 0 atom stereocenters. The molecule has 4 nitrogen and oxygen atoms in total. The van der Waals surface area contributed by atoms with E-state index in [4.69, 9.17) is 20.3 Å². The first-order valence-corrected chi connectivity index (χ1v) is 5.36. The van der Waals surface area contributed by atoms with Crippen LogP contribution in [0.4, 0.5) is 5.69 Å². The first kappa shape index (κ1) is 11.1. The maximum atomic E-state index is 9.16. The Balaban J connectivity index is 2.01. The summed E-state index contributed by atoms with van der Waals surface area (Å²) in [6.45, 7) is 0.725. The number of aliphatic hydroxyl groups is 1. The lowest BCUT2D eigenvalue weighted by Gasteiger charge is -2.14. The molecule has 1 aliphatic carbocycles. The van der Waals surface area contributed by atoms with Crippen LogP contribution in [0.1, 0.15) is 12.8 Å². The zero-order chi connectivity index (χ0) is 11.6. The van der Waals surface area contributed by atoms with Crippen LogP contribution in [0.2, 0.25) is 0 Å². The van der Waals surface area contributed by atoms with Crippen LogP contribution in [0, 0.1) is 5.41 Å². The molecule has 16 heavy (non-hydrogen) atoms. The van der Waals surface area contributed by atoms with Crippen molar-refractivity contribution in [2.75, 3.05) is 26.1 Å². The Morgan fingerprint density at radius 3 is 2.56 bits per heavy atom. The molecule has 0 aliphatic heterocycles. The molecule has 0 unspecified atom stereocenters. The summed E-state index contributed by atoms with van der Waals surface area (Å²) in [5, 5.41) is 9.16. The summed E-state index contributed by atoms with van der Waals surface area (Å²) in [5.41, 5.74) is 6.31. The fraction of sp³-hybridized carbons (Fsp3) is 0.500. The summed E-state index contributed by atoms with van der Waals surface area (Å²) >= 11 is 0. The van der Waals surface area contributed by atoms with Crippen LogP contribution >= 0.6 is 0 Å². The SMILES string of the molecule is COc1cc(N)cc(OCC2(CO)CC2)c1. The molecule has 1 aromatic rings. The fourth-order valence-electron chi connectivity index (χ4n) is 1.56. The van der Waals surface area contributed by atoms with Crippen molar-refractivity contribution in [3.05, 3.63) is 18.2 Å². The molecule has 2 rings (SSSR count). The van der Waals surface area contributed by atoms with Gasteiger partial charge in [0.2, 0.25) is 0 Å². The summed E-state index contributed by atoms with van der Waals surface area (Å²) in [4.78, 5) is 0. The first-order valence-electron chi connectivity index (χ1n) is 5.36. The number of nitrogen functional groups attached to an aromatic ring is 1. The van der Waals surface area contributed by atoms with Crippen LogP contribution in [0.25, 0.3) is 0 Å². The van der Waals surface area contributed by atoms with Gasteiger partial charge in [0.15, 0.2) is 0 Å². The van der Waals surface area contributed by atoms with Crippen molar-refractivity contribution in [3.8, 4) is 11.5 Å². The second-order valence-electron chi connectivity index (χ2n) is 4.39. The van der Waals surface area contributed by atoms with Crippen LogP contribution in [0.15, 0.2) is 18.2 Å². The average Bonchev–Trinajstić information content (AvgIpc) is 3.06. The molecular formula is C12H17NO3. The van der Waals surface area contributed by atoms with Gasteiger partial charge in [-0.15, -0.1) is 0 Å². The molecule has 4 heteroatoms. The van der Waals surface area contributed by atoms with Crippen LogP contribution in [-0.2, 0) is 0 Å². The normalized spacial score (nSPS) is 16.9. The van der Waals surface area contributed by atoms with E-state index < -0.39 is 0 Å². The molecule has 0 aromatic heterocycles. The van der Waals surface area contributed by atoms with Crippen molar-refractivity contribution in [1.82, 2.24) is 0 Å². The third kappa shape index (κ3) is 2.39. The third-order valence-electron chi connectivity index (χ3n) is 2.98. The predicted molar refractivity (Wildman–Crippen MR) is 61.7 cm³/mol. The lowest BCUT2D eigenvalue weighted by atomic mass is 10.1. The number of anilines is 1. The van der Waals surface area contributed by atoms with E-state index in [1.165, 1.54) is 0 Å². The predicted octanol–water partition coefficient (Wildman–Crippen LogP) is 1.43. The minimum atomic E-state index is -0.0160. The molecule has 1 aliphatic rings. The van der Waals surface area contributed by atoms with Crippen molar-refractivity contribution in [2.45, 2.75) is 12.8 Å².